The molecule has 0 spiro atoms. The molecule has 1 unspecified atom stereocenters. The fourth-order valence-corrected chi connectivity index (χ4v) is 2.68. The van der Waals surface area contributed by atoms with E-state index in [0.717, 1.165) is 0 Å². The highest BCUT2D eigenvalue weighted by atomic mass is 32.2. The number of sulfone groups is 1. The van der Waals surface area contributed by atoms with Crippen LogP contribution in [0, 0.1) is 0 Å². The van der Waals surface area contributed by atoms with Crippen LogP contribution in [0.25, 0.3) is 0 Å². The van der Waals surface area contributed by atoms with E-state index >= 15 is 0 Å². The van der Waals surface area contributed by atoms with E-state index < -0.39 is 21.9 Å². The molecule has 1 rings (SSSR count). The molecule has 1 atom stereocenters. The Morgan fingerprint density at radius 3 is 2.55 bits per heavy atom. The Kier molecular flexibility index (Phi) is 2.17. The first-order valence-corrected chi connectivity index (χ1v) is 5.19. The lowest BCUT2D eigenvalue weighted by Gasteiger charge is -2.06. The van der Waals surface area contributed by atoms with Crippen molar-refractivity contribution in [2.75, 3.05) is 11.5 Å². The van der Waals surface area contributed by atoms with Gasteiger partial charge in [-0.3, -0.25) is 4.79 Å². The molecule has 1 fully saturated rings. The zero-order chi connectivity index (χ0) is 8.48. The second-order valence-electron chi connectivity index (χ2n) is 2.63. The van der Waals surface area contributed by atoms with Gasteiger partial charge in [-0.05, 0) is 6.42 Å². The lowest BCUT2D eigenvalue weighted by Crippen LogP contribution is -2.17. The van der Waals surface area contributed by atoms with Crippen LogP contribution in [-0.4, -0.2) is 32.0 Å². The fourth-order valence-electron chi connectivity index (χ4n) is 1.09. The van der Waals surface area contributed by atoms with Crippen molar-refractivity contribution >= 4 is 15.8 Å². The van der Waals surface area contributed by atoms with E-state index in [-0.39, 0.29) is 11.5 Å². The van der Waals surface area contributed by atoms with Crippen LogP contribution in [0.15, 0.2) is 0 Å². The first kappa shape index (κ1) is 8.52. The summed E-state index contributed by atoms with van der Waals surface area (Å²) in [6.07, 6.45) is 0.0412. The monoisotopic (exact) mass is 178 g/mol. The lowest BCUT2D eigenvalue weighted by molar-refractivity contribution is -0.145. The summed E-state index contributed by atoms with van der Waals surface area (Å²) in [5, 5.41) is 0. The summed E-state index contributed by atoms with van der Waals surface area (Å²) >= 11 is 0. The van der Waals surface area contributed by atoms with Crippen LogP contribution < -0.4 is 0 Å². The minimum absolute atomic E-state index is 0.00736. The van der Waals surface area contributed by atoms with Gasteiger partial charge in [0.1, 0.15) is 6.10 Å². The number of hydrogen-bond donors (Lipinski definition) is 0. The molecule has 0 aliphatic carbocycles. The Bertz CT molecular complexity index is 254. The third-order valence-corrected chi connectivity index (χ3v) is 3.26. The van der Waals surface area contributed by atoms with Gasteiger partial charge < -0.3 is 4.74 Å². The van der Waals surface area contributed by atoms with Crippen LogP contribution in [0.1, 0.15) is 13.3 Å². The molecule has 1 heterocycles. The molecule has 0 bridgehead atoms. The van der Waals surface area contributed by atoms with Crippen molar-refractivity contribution < 1.29 is 17.9 Å². The predicted octanol–water partition coefficient (Wildman–Crippen LogP) is -0.263. The summed E-state index contributed by atoms with van der Waals surface area (Å²) in [5.74, 6) is -0.274. The second-order valence-corrected chi connectivity index (χ2v) is 4.86. The van der Waals surface area contributed by atoms with E-state index in [1.54, 1.807) is 0 Å². The van der Waals surface area contributed by atoms with Crippen LogP contribution in [0.5, 0.6) is 0 Å². The van der Waals surface area contributed by atoms with Crippen molar-refractivity contribution in [2.45, 2.75) is 19.4 Å². The minimum Gasteiger partial charge on any atom is -0.461 e. The summed E-state index contributed by atoms with van der Waals surface area (Å²) in [6.45, 7) is 1.28. The molecule has 64 valence electrons. The van der Waals surface area contributed by atoms with E-state index in [2.05, 4.69) is 0 Å². The molecule has 0 N–H and O–H groups in total. The molecule has 0 aromatic heterocycles. The highest BCUT2D eigenvalue weighted by Gasteiger charge is 2.29. The van der Waals surface area contributed by atoms with Gasteiger partial charge in [-0.2, -0.15) is 0 Å². The molecule has 0 amide bonds. The highest BCUT2D eigenvalue weighted by Crippen LogP contribution is 2.14. The van der Waals surface area contributed by atoms with Crippen LogP contribution >= 0.6 is 0 Å². The van der Waals surface area contributed by atoms with E-state index in [9.17, 15) is 13.2 Å². The topological polar surface area (TPSA) is 60.4 Å². The van der Waals surface area contributed by atoms with Gasteiger partial charge in [0, 0.05) is 6.92 Å². The van der Waals surface area contributed by atoms with Crippen LogP contribution in [-0.2, 0) is 19.4 Å². The maximum absolute atomic E-state index is 10.8. The van der Waals surface area contributed by atoms with Crippen LogP contribution in [0.2, 0.25) is 0 Å². The Morgan fingerprint density at radius 2 is 2.18 bits per heavy atom. The zero-order valence-electron chi connectivity index (χ0n) is 6.24. The minimum atomic E-state index is -2.92. The molecular weight excluding hydrogens is 168 g/mol. The van der Waals surface area contributed by atoms with Crippen molar-refractivity contribution in [3.63, 3.8) is 0 Å². The number of esters is 1. The molecule has 1 saturated heterocycles. The van der Waals surface area contributed by atoms with Crippen molar-refractivity contribution in [3.8, 4) is 0 Å². The van der Waals surface area contributed by atoms with Crippen molar-refractivity contribution in [1.29, 1.82) is 0 Å². The summed E-state index contributed by atoms with van der Waals surface area (Å²) in [6, 6.07) is 0. The number of carbonyl (C=O) groups is 1. The Hall–Kier alpha value is -0.580. The number of rotatable bonds is 1. The third-order valence-electron chi connectivity index (χ3n) is 1.52. The summed E-state index contributed by atoms with van der Waals surface area (Å²) in [4.78, 5) is 10.4. The molecule has 11 heavy (non-hydrogen) atoms. The maximum atomic E-state index is 10.8. The number of hydrogen-bond acceptors (Lipinski definition) is 4. The summed E-state index contributed by atoms with van der Waals surface area (Å²) in [5.41, 5.74) is 0. The summed E-state index contributed by atoms with van der Waals surface area (Å²) < 4.78 is 26.4. The second kappa shape index (κ2) is 2.81. The molecule has 5 heteroatoms. The van der Waals surface area contributed by atoms with Gasteiger partial charge in [0.05, 0.1) is 11.5 Å². The first-order chi connectivity index (χ1) is 4.99. The maximum Gasteiger partial charge on any atom is 0.302 e. The standard InChI is InChI=1S/C6H10O4S/c1-5(7)10-6-2-3-11(8,9)4-6/h6H,2-4H2,1H3. The molecule has 1 aliphatic heterocycles. The van der Waals surface area contributed by atoms with E-state index in [1.165, 1.54) is 6.92 Å². The molecular formula is C6H10O4S. The van der Waals surface area contributed by atoms with Crippen LogP contribution in [0.4, 0.5) is 0 Å². The quantitative estimate of drug-likeness (QED) is 0.519. The van der Waals surface area contributed by atoms with Gasteiger partial charge in [0.15, 0.2) is 9.84 Å². The normalized spacial score (nSPS) is 28.3. The Morgan fingerprint density at radius 1 is 1.55 bits per heavy atom. The number of ether oxygens (including phenoxy) is 1. The average molecular weight is 178 g/mol. The van der Waals surface area contributed by atoms with Crippen LogP contribution in [0.3, 0.4) is 0 Å². The largest absolute Gasteiger partial charge is 0.461 e. The van der Waals surface area contributed by atoms with E-state index in [0.29, 0.717) is 6.42 Å². The molecule has 0 radical (unpaired) electrons. The Labute approximate surface area is 65.5 Å². The van der Waals surface area contributed by atoms with E-state index in [4.69, 9.17) is 4.74 Å². The first-order valence-electron chi connectivity index (χ1n) is 3.37. The average Bonchev–Trinajstić information content (AvgIpc) is 2.08. The Balaban J connectivity index is 2.49. The van der Waals surface area contributed by atoms with Gasteiger partial charge >= 0.3 is 5.97 Å². The molecule has 1 aliphatic rings. The van der Waals surface area contributed by atoms with E-state index in [1.807, 2.05) is 0 Å². The van der Waals surface area contributed by atoms with Gasteiger partial charge in [-0.25, -0.2) is 8.42 Å². The predicted molar refractivity (Wildman–Crippen MR) is 38.8 cm³/mol. The van der Waals surface area contributed by atoms with Gasteiger partial charge in [0.25, 0.3) is 0 Å². The zero-order valence-corrected chi connectivity index (χ0v) is 7.06. The highest BCUT2D eigenvalue weighted by molar-refractivity contribution is 7.91. The SMILES string of the molecule is CC(=O)OC1CCS(=O)(=O)C1. The smallest absolute Gasteiger partial charge is 0.302 e. The lowest BCUT2D eigenvalue weighted by atomic mass is 10.3. The molecule has 0 aromatic rings. The summed E-state index contributed by atoms with van der Waals surface area (Å²) in [7, 11) is -2.92. The van der Waals surface area contributed by atoms with Crippen molar-refractivity contribution in [1.82, 2.24) is 0 Å². The molecule has 4 nitrogen and oxygen atoms in total. The van der Waals surface area contributed by atoms with Gasteiger partial charge in [-0.15, -0.1) is 0 Å². The third kappa shape index (κ3) is 2.49. The molecule has 0 saturated carbocycles. The van der Waals surface area contributed by atoms with Crippen molar-refractivity contribution in [3.05, 3.63) is 0 Å². The molecule has 0 aromatic carbocycles. The van der Waals surface area contributed by atoms with Crippen molar-refractivity contribution in [2.24, 2.45) is 0 Å². The van der Waals surface area contributed by atoms with Gasteiger partial charge in [-0.1, -0.05) is 0 Å². The van der Waals surface area contributed by atoms with Gasteiger partial charge in [0.2, 0.25) is 0 Å². The fraction of sp³-hybridized carbons (Fsp3) is 0.833. The number of carbonyl (C=O) groups excluding carboxylic acids is 1.